The second-order valence-corrected chi connectivity index (χ2v) is 4.19. The lowest BCUT2D eigenvalue weighted by Gasteiger charge is -2.13. The van der Waals surface area contributed by atoms with Crippen molar-refractivity contribution >= 4 is 21.7 Å². The number of halogens is 1. The SMILES string of the molecule is COc1c(C)cc(Br)c(C(=O)CN)c1C. The number of methoxy groups -OCH3 is 1. The van der Waals surface area contributed by atoms with Crippen molar-refractivity contribution in [2.75, 3.05) is 13.7 Å². The van der Waals surface area contributed by atoms with Crippen LogP contribution in [0.25, 0.3) is 0 Å². The van der Waals surface area contributed by atoms with E-state index in [4.69, 9.17) is 10.5 Å². The number of ketones is 1. The predicted octanol–water partition coefficient (Wildman–Crippen LogP) is 2.22. The van der Waals surface area contributed by atoms with Crippen LogP contribution in [0.5, 0.6) is 5.75 Å². The molecule has 0 saturated heterocycles. The van der Waals surface area contributed by atoms with E-state index in [1.165, 1.54) is 0 Å². The van der Waals surface area contributed by atoms with Crippen molar-refractivity contribution in [1.29, 1.82) is 0 Å². The molecule has 0 fully saturated rings. The third-order valence-corrected chi connectivity index (χ3v) is 2.95. The van der Waals surface area contributed by atoms with Gasteiger partial charge in [-0.2, -0.15) is 0 Å². The smallest absolute Gasteiger partial charge is 0.177 e. The largest absolute Gasteiger partial charge is 0.496 e. The quantitative estimate of drug-likeness (QED) is 0.858. The summed E-state index contributed by atoms with van der Waals surface area (Å²) in [6.07, 6.45) is 0. The van der Waals surface area contributed by atoms with Gasteiger partial charge in [0, 0.05) is 15.6 Å². The Morgan fingerprint density at radius 2 is 2.13 bits per heavy atom. The summed E-state index contributed by atoms with van der Waals surface area (Å²) in [6, 6.07) is 1.87. The van der Waals surface area contributed by atoms with Crippen molar-refractivity contribution in [2.24, 2.45) is 5.73 Å². The number of aryl methyl sites for hydroxylation is 1. The minimum absolute atomic E-state index is 0.00561. The molecule has 0 heterocycles. The van der Waals surface area contributed by atoms with E-state index in [1.807, 2.05) is 19.9 Å². The molecular formula is C11H14BrNO2. The van der Waals surface area contributed by atoms with Gasteiger partial charge in [0.05, 0.1) is 13.7 Å². The van der Waals surface area contributed by atoms with Crippen molar-refractivity contribution in [3.05, 3.63) is 27.2 Å². The van der Waals surface area contributed by atoms with Crippen LogP contribution in [0.4, 0.5) is 0 Å². The molecule has 1 aromatic carbocycles. The molecule has 0 spiro atoms. The highest BCUT2D eigenvalue weighted by Gasteiger charge is 2.17. The molecule has 1 rings (SSSR count). The zero-order valence-electron chi connectivity index (χ0n) is 9.06. The molecule has 3 nitrogen and oxygen atoms in total. The maximum Gasteiger partial charge on any atom is 0.177 e. The first-order chi connectivity index (χ1) is 7.02. The van der Waals surface area contributed by atoms with Gasteiger partial charge in [0.2, 0.25) is 0 Å². The van der Waals surface area contributed by atoms with E-state index in [1.54, 1.807) is 7.11 Å². The second-order valence-electron chi connectivity index (χ2n) is 3.34. The third-order valence-electron chi connectivity index (χ3n) is 2.32. The van der Waals surface area contributed by atoms with Crippen LogP contribution >= 0.6 is 15.9 Å². The van der Waals surface area contributed by atoms with E-state index in [0.717, 1.165) is 21.3 Å². The van der Waals surface area contributed by atoms with E-state index in [9.17, 15) is 4.79 Å². The summed E-state index contributed by atoms with van der Waals surface area (Å²) in [4.78, 5) is 11.6. The molecule has 15 heavy (non-hydrogen) atoms. The van der Waals surface area contributed by atoms with Gasteiger partial charge in [0.25, 0.3) is 0 Å². The van der Waals surface area contributed by atoms with Gasteiger partial charge in [-0.15, -0.1) is 0 Å². The molecule has 0 aliphatic heterocycles. The Labute approximate surface area is 97.7 Å². The minimum Gasteiger partial charge on any atom is -0.496 e. The zero-order chi connectivity index (χ0) is 11.6. The standard InChI is InChI=1S/C11H14BrNO2/c1-6-4-8(12)10(9(14)5-13)7(2)11(6)15-3/h4H,5,13H2,1-3H3. The van der Waals surface area contributed by atoms with Gasteiger partial charge in [-0.25, -0.2) is 0 Å². The number of nitrogens with two attached hydrogens (primary N) is 1. The second kappa shape index (κ2) is 4.77. The zero-order valence-corrected chi connectivity index (χ0v) is 10.6. The summed E-state index contributed by atoms with van der Waals surface area (Å²) in [5, 5.41) is 0. The van der Waals surface area contributed by atoms with E-state index >= 15 is 0 Å². The molecule has 0 unspecified atom stereocenters. The molecule has 4 heteroatoms. The Morgan fingerprint density at radius 1 is 1.53 bits per heavy atom. The first kappa shape index (κ1) is 12.2. The summed E-state index contributed by atoms with van der Waals surface area (Å²) >= 11 is 3.37. The average Bonchev–Trinajstić information content (AvgIpc) is 2.17. The lowest BCUT2D eigenvalue weighted by Crippen LogP contribution is -2.16. The van der Waals surface area contributed by atoms with Gasteiger partial charge in [-0.3, -0.25) is 4.79 Å². The van der Waals surface area contributed by atoms with Crippen LogP contribution in [0, 0.1) is 13.8 Å². The van der Waals surface area contributed by atoms with Crippen LogP contribution in [0.1, 0.15) is 21.5 Å². The number of hydrogen-bond acceptors (Lipinski definition) is 3. The van der Waals surface area contributed by atoms with Crippen LogP contribution in [-0.2, 0) is 0 Å². The highest BCUT2D eigenvalue weighted by molar-refractivity contribution is 9.10. The molecule has 0 bridgehead atoms. The molecule has 2 N–H and O–H groups in total. The van der Waals surface area contributed by atoms with E-state index in [-0.39, 0.29) is 12.3 Å². The Morgan fingerprint density at radius 3 is 2.60 bits per heavy atom. The Kier molecular flexibility index (Phi) is 3.88. The third kappa shape index (κ3) is 2.21. The average molecular weight is 272 g/mol. The van der Waals surface area contributed by atoms with Crippen LogP contribution < -0.4 is 10.5 Å². The number of Topliss-reactive ketones (excluding diaryl/α,β-unsaturated/α-hetero) is 1. The molecule has 0 radical (unpaired) electrons. The number of hydrogen-bond donors (Lipinski definition) is 1. The van der Waals surface area contributed by atoms with E-state index in [0.29, 0.717) is 5.56 Å². The molecule has 0 saturated carbocycles. The van der Waals surface area contributed by atoms with Gasteiger partial charge >= 0.3 is 0 Å². The van der Waals surface area contributed by atoms with E-state index < -0.39 is 0 Å². The Balaban J connectivity index is 3.45. The van der Waals surface area contributed by atoms with Crippen molar-refractivity contribution in [3.63, 3.8) is 0 Å². The van der Waals surface area contributed by atoms with Gasteiger partial charge in [0.1, 0.15) is 5.75 Å². The van der Waals surface area contributed by atoms with Crippen LogP contribution in [0.2, 0.25) is 0 Å². The molecule has 1 aromatic rings. The number of benzene rings is 1. The van der Waals surface area contributed by atoms with Crippen LogP contribution in [0.15, 0.2) is 10.5 Å². The van der Waals surface area contributed by atoms with Gasteiger partial charge in [-0.05, 0) is 25.5 Å². The topological polar surface area (TPSA) is 52.3 Å². The summed E-state index contributed by atoms with van der Waals surface area (Å²) < 4.78 is 6.02. The van der Waals surface area contributed by atoms with Crippen molar-refractivity contribution in [2.45, 2.75) is 13.8 Å². The lowest BCUT2D eigenvalue weighted by molar-refractivity contribution is 0.0999. The first-order valence-electron chi connectivity index (χ1n) is 4.59. The van der Waals surface area contributed by atoms with Gasteiger partial charge in [0.15, 0.2) is 5.78 Å². The van der Waals surface area contributed by atoms with Gasteiger partial charge < -0.3 is 10.5 Å². The summed E-state index contributed by atoms with van der Waals surface area (Å²) in [5.41, 5.74) is 7.80. The highest BCUT2D eigenvalue weighted by atomic mass is 79.9. The fourth-order valence-electron chi connectivity index (χ4n) is 1.67. The number of carbonyl (C=O) groups is 1. The fourth-order valence-corrected chi connectivity index (χ4v) is 2.54. The molecule has 0 aliphatic rings. The Hall–Kier alpha value is -0.870. The minimum atomic E-state index is -0.0855. The van der Waals surface area contributed by atoms with Gasteiger partial charge in [-0.1, -0.05) is 15.9 Å². The molecule has 82 valence electrons. The number of carbonyl (C=O) groups excluding carboxylic acids is 1. The van der Waals surface area contributed by atoms with E-state index in [2.05, 4.69) is 15.9 Å². The maximum absolute atomic E-state index is 11.6. The molecule has 0 aromatic heterocycles. The monoisotopic (exact) mass is 271 g/mol. The van der Waals surface area contributed by atoms with Crippen molar-refractivity contribution < 1.29 is 9.53 Å². The van der Waals surface area contributed by atoms with Crippen molar-refractivity contribution in [3.8, 4) is 5.75 Å². The summed E-state index contributed by atoms with van der Waals surface area (Å²) in [6.45, 7) is 3.80. The maximum atomic E-state index is 11.6. The summed E-state index contributed by atoms with van der Waals surface area (Å²) in [5.74, 6) is 0.660. The summed E-state index contributed by atoms with van der Waals surface area (Å²) in [7, 11) is 1.60. The predicted molar refractivity (Wildman–Crippen MR) is 63.6 cm³/mol. The molecule has 0 amide bonds. The molecule has 0 aliphatic carbocycles. The lowest BCUT2D eigenvalue weighted by atomic mass is 10.0. The fraction of sp³-hybridized carbons (Fsp3) is 0.364. The van der Waals surface area contributed by atoms with Crippen LogP contribution in [0.3, 0.4) is 0 Å². The molecule has 0 atom stereocenters. The number of ether oxygens (including phenoxy) is 1. The normalized spacial score (nSPS) is 10.2. The highest BCUT2D eigenvalue weighted by Crippen LogP contribution is 2.32. The molecular weight excluding hydrogens is 258 g/mol. The van der Waals surface area contributed by atoms with Crippen LogP contribution in [-0.4, -0.2) is 19.4 Å². The Bertz CT molecular complexity index is 402. The number of rotatable bonds is 3. The first-order valence-corrected chi connectivity index (χ1v) is 5.39. The van der Waals surface area contributed by atoms with Crippen molar-refractivity contribution in [1.82, 2.24) is 0 Å².